The number of hydrogen-bond acceptors (Lipinski definition) is 3. The molecule has 1 heterocycles. The normalized spacial score (nSPS) is 22.0. The SMILES string of the molecule is COc1ccccc1CN1CCNC(C)C1. The van der Waals surface area contributed by atoms with Crippen molar-refractivity contribution in [2.75, 3.05) is 26.7 Å². The quantitative estimate of drug-likeness (QED) is 0.835. The van der Waals surface area contributed by atoms with Gasteiger partial charge in [0.15, 0.2) is 0 Å². The maximum atomic E-state index is 5.37. The van der Waals surface area contributed by atoms with Gasteiger partial charge in [-0.25, -0.2) is 0 Å². The summed E-state index contributed by atoms with van der Waals surface area (Å²) in [5.74, 6) is 0.994. The molecule has 1 atom stereocenters. The van der Waals surface area contributed by atoms with Gasteiger partial charge in [0.1, 0.15) is 5.75 Å². The lowest BCUT2D eigenvalue weighted by atomic mass is 10.1. The second-order valence-corrected chi connectivity index (χ2v) is 4.40. The highest BCUT2D eigenvalue weighted by molar-refractivity contribution is 5.33. The van der Waals surface area contributed by atoms with Crippen LogP contribution in [0.5, 0.6) is 5.75 Å². The Hall–Kier alpha value is -1.06. The van der Waals surface area contributed by atoms with Crippen LogP contribution in [0.15, 0.2) is 24.3 Å². The molecule has 1 aromatic rings. The first kappa shape index (κ1) is 11.4. The zero-order valence-electron chi connectivity index (χ0n) is 10.1. The molecule has 1 N–H and O–H groups in total. The highest BCUT2D eigenvalue weighted by Crippen LogP contribution is 2.19. The van der Waals surface area contributed by atoms with Crippen molar-refractivity contribution in [2.45, 2.75) is 19.5 Å². The number of ether oxygens (including phenoxy) is 1. The van der Waals surface area contributed by atoms with E-state index in [-0.39, 0.29) is 0 Å². The van der Waals surface area contributed by atoms with Gasteiger partial charge in [0.2, 0.25) is 0 Å². The highest BCUT2D eigenvalue weighted by atomic mass is 16.5. The van der Waals surface area contributed by atoms with Crippen molar-refractivity contribution in [3.8, 4) is 5.75 Å². The molecule has 1 saturated heterocycles. The summed E-state index contributed by atoms with van der Waals surface area (Å²) in [7, 11) is 1.74. The zero-order chi connectivity index (χ0) is 11.4. The summed E-state index contributed by atoms with van der Waals surface area (Å²) in [4.78, 5) is 2.47. The van der Waals surface area contributed by atoms with Crippen molar-refractivity contribution in [3.05, 3.63) is 29.8 Å². The Labute approximate surface area is 97.4 Å². The van der Waals surface area contributed by atoms with Crippen LogP contribution in [-0.4, -0.2) is 37.7 Å². The lowest BCUT2D eigenvalue weighted by molar-refractivity contribution is 0.197. The third kappa shape index (κ3) is 2.74. The minimum Gasteiger partial charge on any atom is -0.496 e. The molecular formula is C13H20N2O. The summed E-state index contributed by atoms with van der Waals surface area (Å²) in [6, 6.07) is 8.85. The third-order valence-electron chi connectivity index (χ3n) is 3.04. The Kier molecular flexibility index (Phi) is 3.80. The van der Waals surface area contributed by atoms with Crippen molar-refractivity contribution in [3.63, 3.8) is 0 Å². The minimum absolute atomic E-state index is 0.587. The van der Waals surface area contributed by atoms with Crippen molar-refractivity contribution in [2.24, 2.45) is 0 Å². The van der Waals surface area contributed by atoms with E-state index in [2.05, 4.69) is 29.3 Å². The molecule has 3 nitrogen and oxygen atoms in total. The predicted octanol–water partition coefficient (Wildman–Crippen LogP) is 1.49. The molecule has 1 fully saturated rings. The molecule has 3 heteroatoms. The molecule has 88 valence electrons. The molecule has 0 spiro atoms. The highest BCUT2D eigenvalue weighted by Gasteiger charge is 2.16. The van der Waals surface area contributed by atoms with E-state index in [9.17, 15) is 0 Å². The lowest BCUT2D eigenvalue weighted by Gasteiger charge is -2.32. The summed E-state index contributed by atoms with van der Waals surface area (Å²) in [6.07, 6.45) is 0. The number of para-hydroxylation sites is 1. The Balaban J connectivity index is 2.02. The molecule has 2 rings (SSSR count). The van der Waals surface area contributed by atoms with Crippen LogP contribution in [0.25, 0.3) is 0 Å². The van der Waals surface area contributed by atoms with Gasteiger partial charge in [0.25, 0.3) is 0 Å². The van der Waals surface area contributed by atoms with Crippen LogP contribution in [-0.2, 0) is 6.54 Å². The number of nitrogens with one attached hydrogen (secondary N) is 1. The van der Waals surface area contributed by atoms with E-state index in [4.69, 9.17) is 4.74 Å². The van der Waals surface area contributed by atoms with Gasteiger partial charge in [-0.3, -0.25) is 4.90 Å². The van der Waals surface area contributed by atoms with Gasteiger partial charge in [-0.2, -0.15) is 0 Å². The van der Waals surface area contributed by atoms with Crippen molar-refractivity contribution >= 4 is 0 Å². The van der Waals surface area contributed by atoms with E-state index in [0.29, 0.717) is 6.04 Å². The van der Waals surface area contributed by atoms with Gasteiger partial charge < -0.3 is 10.1 Å². The van der Waals surface area contributed by atoms with Gasteiger partial charge in [-0.1, -0.05) is 18.2 Å². The number of hydrogen-bond donors (Lipinski definition) is 1. The lowest BCUT2D eigenvalue weighted by Crippen LogP contribution is -2.48. The Morgan fingerprint density at radius 2 is 2.25 bits per heavy atom. The first-order chi connectivity index (χ1) is 7.79. The maximum Gasteiger partial charge on any atom is 0.123 e. The largest absolute Gasteiger partial charge is 0.496 e. The number of benzene rings is 1. The number of piperazine rings is 1. The fourth-order valence-electron chi connectivity index (χ4n) is 2.23. The zero-order valence-corrected chi connectivity index (χ0v) is 10.1. The summed E-state index contributed by atoms with van der Waals surface area (Å²) in [6.45, 7) is 6.52. The van der Waals surface area contributed by atoms with Gasteiger partial charge in [0, 0.05) is 37.8 Å². The summed E-state index contributed by atoms with van der Waals surface area (Å²) in [5.41, 5.74) is 1.28. The third-order valence-corrected chi connectivity index (χ3v) is 3.04. The van der Waals surface area contributed by atoms with Gasteiger partial charge >= 0.3 is 0 Å². The second kappa shape index (κ2) is 5.32. The van der Waals surface area contributed by atoms with Crippen LogP contribution >= 0.6 is 0 Å². The van der Waals surface area contributed by atoms with Gasteiger partial charge in [0.05, 0.1) is 7.11 Å². The van der Waals surface area contributed by atoms with E-state index >= 15 is 0 Å². The van der Waals surface area contributed by atoms with Gasteiger partial charge in [-0.05, 0) is 13.0 Å². The smallest absolute Gasteiger partial charge is 0.123 e. The average molecular weight is 220 g/mol. The topological polar surface area (TPSA) is 24.5 Å². The van der Waals surface area contributed by atoms with E-state index < -0.39 is 0 Å². The molecule has 0 aromatic heterocycles. The van der Waals surface area contributed by atoms with Crippen molar-refractivity contribution in [1.29, 1.82) is 0 Å². The Morgan fingerprint density at radius 1 is 1.44 bits per heavy atom. The van der Waals surface area contributed by atoms with E-state index in [0.717, 1.165) is 31.9 Å². The summed E-state index contributed by atoms with van der Waals surface area (Å²) < 4.78 is 5.37. The second-order valence-electron chi connectivity index (χ2n) is 4.40. The molecule has 0 saturated carbocycles. The molecule has 0 aliphatic carbocycles. The molecular weight excluding hydrogens is 200 g/mol. The number of rotatable bonds is 3. The molecule has 1 unspecified atom stereocenters. The van der Waals surface area contributed by atoms with Gasteiger partial charge in [-0.15, -0.1) is 0 Å². The maximum absolute atomic E-state index is 5.37. The van der Waals surface area contributed by atoms with Crippen LogP contribution < -0.4 is 10.1 Å². The minimum atomic E-state index is 0.587. The molecule has 0 bridgehead atoms. The fraction of sp³-hybridized carbons (Fsp3) is 0.538. The molecule has 0 radical (unpaired) electrons. The summed E-state index contributed by atoms with van der Waals surface area (Å²) in [5, 5.41) is 3.45. The van der Waals surface area contributed by atoms with Crippen molar-refractivity contribution in [1.82, 2.24) is 10.2 Å². The molecule has 0 amide bonds. The monoisotopic (exact) mass is 220 g/mol. The van der Waals surface area contributed by atoms with Crippen LogP contribution in [0.4, 0.5) is 0 Å². The Morgan fingerprint density at radius 3 is 3.00 bits per heavy atom. The van der Waals surface area contributed by atoms with E-state index in [1.807, 2.05) is 12.1 Å². The first-order valence-electron chi connectivity index (χ1n) is 5.87. The van der Waals surface area contributed by atoms with Crippen LogP contribution in [0.1, 0.15) is 12.5 Å². The van der Waals surface area contributed by atoms with Crippen molar-refractivity contribution < 1.29 is 4.74 Å². The summed E-state index contributed by atoms with van der Waals surface area (Å²) >= 11 is 0. The number of nitrogens with zero attached hydrogens (tertiary/aromatic N) is 1. The molecule has 1 aliphatic rings. The Bertz CT molecular complexity index is 340. The van der Waals surface area contributed by atoms with E-state index in [1.54, 1.807) is 7.11 Å². The molecule has 1 aliphatic heterocycles. The average Bonchev–Trinajstić information content (AvgIpc) is 2.30. The van der Waals surface area contributed by atoms with Crippen LogP contribution in [0.2, 0.25) is 0 Å². The molecule has 16 heavy (non-hydrogen) atoms. The molecule has 1 aromatic carbocycles. The van der Waals surface area contributed by atoms with E-state index in [1.165, 1.54) is 5.56 Å². The number of methoxy groups -OCH3 is 1. The standard InChI is InChI=1S/C13H20N2O/c1-11-9-15(8-7-14-11)10-12-5-3-4-6-13(12)16-2/h3-6,11,14H,7-10H2,1-2H3. The fourth-order valence-corrected chi connectivity index (χ4v) is 2.23. The van der Waals surface area contributed by atoms with Crippen LogP contribution in [0, 0.1) is 0 Å². The first-order valence-corrected chi connectivity index (χ1v) is 5.87. The van der Waals surface area contributed by atoms with Crippen LogP contribution in [0.3, 0.4) is 0 Å². The predicted molar refractivity (Wildman–Crippen MR) is 65.7 cm³/mol.